The molecule has 28 heavy (non-hydrogen) atoms. The molecule has 0 bridgehead atoms. The molecule has 2 aromatic rings. The van der Waals surface area contributed by atoms with Crippen molar-refractivity contribution in [3.05, 3.63) is 71.4 Å². The van der Waals surface area contributed by atoms with Gasteiger partial charge in [0.25, 0.3) is 5.91 Å². The number of hydrogen-bond acceptors (Lipinski definition) is 5. The van der Waals surface area contributed by atoms with Gasteiger partial charge in [-0.1, -0.05) is 18.2 Å². The van der Waals surface area contributed by atoms with E-state index in [1.807, 2.05) is 29.2 Å². The van der Waals surface area contributed by atoms with E-state index in [-0.39, 0.29) is 11.6 Å². The van der Waals surface area contributed by atoms with E-state index >= 15 is 0 Å². The molecule has 3 rings (SSSR count). The highest BCUT2D eigenvalue weighted by Crippen LogP contribution is 2.32. The summed E-state index contributed by atoms with van der Waals surface area (Å²) in [4.78, 5) is 26.2. The summed E-state index contributed by atoms with van der Waals surface area (Å²) < 4.78 is 4.93. The monoisotopic (exact) mass is 375 g/mol. The lowest BCUT2D eigenvalue weighted by atomic mass is 10.1. The van der Waals surface area contributed by atoms with Crippen LogP contribution in [0.25, 0.3) is 0 Å². The van der Waals surface area contributed by atoms with Gasteiger partial charge in [-0.05, 0) is 56.2 Å². The first-order valence-corrected chi connectivity index (χ1v) is 9.10. The number of esters is 1. The van der Waals surface area contributed by atoms with Gasteiger partial charge in [-0.25, -0.2) is 4.79 Å². The van der Waals surface area contributed by atoms with Gasteiger partial charge in [-0.3, -0.25) is 4.79 Å². The molecule has 1 aliphatic heterocycles. The van der Waals surface area contributed by atoms with Gasteiger partial charge in [0.2, 0.25) is 0 Å². The molecule has 2 aromatic carbocycles. The Bertz CT molecular complexity index is 958. The normalized spacial score (nSPS) is 15.5. The predicted octanol–water partition coefficient (Wildman–Crippen LogP) is 3.66. The lowest BCUT2D eigenvalue weighted by Crippen LogP contribution is -2.25. The van der Waals surface area contributed by atoms with Gasteiger partial charge in [-0.15, -0.1) is 0 Å². The molecule has 142 valence electrons. The number of nitrogens with zero attached hydrogens (tertiary/aromatic N) is 2. The summed E-state index contributed by atoms with van der Waals surface area (Å²) in [5.41, 5.74) is 3.11. The first-order valence-electron chi connectivity index (χ1n) is 9.10. The van der Waals surface area contributed by atoms with Crippen LogP contribution in [0.15, 0.2) is 60.3 Å². The second-order valence-corrected chi connectivity index (χ2v) is 6.50. The molecule has 0 saturated heterocycles. The number of para-hydroxylation sites is 1. The number of fused-ring (bicyclic) bond motifs is 1. The van der Waals surface area contributed by atoms with Crippen LogP contribution < -0.4 is 10.2 Å². The van der Waals surface area contributed by atoms with Gasteiger partial charge >= 0.3 is 5.97 Å². The van der Waals surface area contributed by atoms with E-state index in [1.54, 1.807) is 37.4 Å². The number of anilines is 2. The molecule has 0 fully saturated rings. The van der Waals surface area contributed by atoms with Crippen molar-refractivity contribution in [2.45, 2.75) is 26.3 Å². The van der Waals surface area contributed by atoms with E-state index in [0.717, 1.165) is 12.1 Å². The Labute approximate surface area is 164 Å². The minimum absolute atomic E-state index is 0.0121. The maximum absolute atomic E-state index is 12.6. The Morgan fingerprint density at radius 1 is 1.25 bits per heavy atom. The number of nitrogens with one attached hydrogen (secondary N) is 1. The van der Waals surface area contributed by atoms with Gasteiger partial charge < -0.3 is 15.0 Å². The quantitative estimate of drug-likeness (QED) is 0.490. The van der Waals surface area contributed by atoms with E-state index in [1.165, 1.54) is 5.56 Å². The predicted molar refractivity (Wildman–Crippen MR) is 107 cm³/mol. The number of carbonyl (C=O) groups excluding carboxylic acids is 2. The van der Waals surface area contributed by atoms with Crippen molar-refractivity contribution in [3.8, 4) is 6.07 Å². The molecule has 0 aromatic heterocycles. The zero-order valence-electron chi connectivity index (χ0n) is 15.8. The smallest absolute Gasteiger partial charge is 0.338 e. The second kappa shape index (κ2) is 8.40. The fraction of sp³-hybridized carbons (Fsp3) is 0.227. The maximum Gasteiger partial charge on any atom is 0.338 e. The highest BCUT2D eigenvalue weighted by Gasteiger charge is 2.25. The molecule has 0 radical (unpaired) electrons. The molecule has 1 amide bonds. The fourth-order valence-electron chi connectivity index (χ4n) is 3.17. The first kappa shape index (κ1) is 19.2. The lowest BCUT2D eigenvalue weighted by Gasteiger charge is -2.20. The Hall–Kier alpha value is -3.59. The molecule has 1 atom stereocenters. The zero-order valence-corrected chi connectivity index (χ0v) is 15.8. The van der Waals surface area contributed by atoms with Crippen LogP contribution in [0.2, 0.25) is 0 Å². The number of rotatable bonds is 5. The van der Waals surface area contributed by atoms with E-state index in [4.69, 9.17) is 4.74 Å². The Balaban J connectivity index is 1.75. The molecule has 0 aliphatic carbocycles. The van der Waals surface area contributed by atoms with Gasteiger partial charge in [0.1, 0.15) is 11.6 Å². The van der Waals surface area contributed by atoms with Crippen molar-refractivity contribution < 1.29 is 14.3 Å². The van der Waals surface area contributed by atoms with Crippen molar-refractivity contribution in [3.63, 3.8) is 0 Å². The van der Waals surface area contributed by atoms with Crippen molar-refractivity contribution in [1.82, 2.24) is 0 Å². The molecule has 6 heteroatoms. The Morgan fingerprint density at radius 2 is 1.96 bits per heavy atom. The molecule has 1 heterocycles. The third-order valence-corrected chi connectivity index (χ3v) is 4.55. The van der Waals surface area contributed by atoms with Gasteiger partial charge in [-0.2, -0.15) is 5.26 Å². The van der Waals surface area contributed by atoms with Gasteiger partial charge in [0.15, 0.2) is 0 Å². The summed E-state index contributed by atoms with van der Waals surface area (Å²) in [6, 6.07) is 16.5. The number of benzene rings is 2. The molecule has 1 aliphatic rings. The van der Waals surface area contributed by atoms with Crippen molar-refractivity contribution in [1.29, 1.82) is 5.26 Å². The number of hydrogen-bond donors (Lipinski definition) is 1. The standard InChI is InChI=1S/C22H21N3O3/c1-3-28-22(27)16-8-10-19(11-9-16)24-21(26)18(13-23)14-25-15(2)12-17-6-4-5-7-20(17)25/h4-11,14-15H,3,12H2,1-2H3,(H,24,26)/b18-14-. The molecule has 1 N–H and O–H groups in total. The van der Waals surface area contributed by atoms with E-state index < -0.39 is 11.9 Å². The molecular formula is C22H21N3O3. The first-order chi connectivity index (χ1) is 13.5. The summed E-state index contributed by atoms with van der Waals surface area (Å²) in [5.74, 6) is -0.914. The van der Waals surface area contributed by atoms with Crippen LogP contribution in [0.1, 0.15) is 29.8 Å². The summed E-state index contributed by atoms with van der Waals surface area (Å²) in [7, 11) is 0. The summed E-state index contributed by atoms with van der Waals surface area (Å²) >= 11 is 0. The summed E-state index contributed by atoms with van der Waals surface area (Å²) in [6.45, 7) is 4.09. The van der Waals surface area contributed by atoms with Crippen LogP contribution in [-0.2, 0) is 16.0 Å². The highest BCUT2D eigenvalue weighted by atomic mass is 16.5. The molecule has 6 nitrogen and oxygen atoms in total. The third-order valence-electron chi connectivity index (χ3n) is 4.55. The number of amides is 1. The molecule has 0 spiro atoms. The number of ether oxygens (including phenoxy) is 1. The average Bonchev–Trinajstić information content (AvgIpc) is 3.01. The van der Waals surface area contributed by atoms with Crippen LogP contribution in [0.5, 0.6) is 0 Å². The second-order valence-electron chi connectivity index (χ2n) is 6.50. The number of nitriles is 1. The molecule has 0 saturated carbocycles. The fourth-order valence-corrected chi connectivity index (χ4v) is 3.17. The van der Waals surface area contributed by atoms with Crippen LogP contribution in [-0.4, -0.2) is 24.5 Å². The van der Waals surface area contributed by atoms with Gasteiger partial charge in [0, 0.05) is 23.6 Å². The summed E-state index contributed by atoms with van der Waals surface area (Å²) in [6.07, 6.45) is 2.46. The SMILES string of the molecule is CCOC(=O)c1ccc(NC(=O)/C(C#N)=C\N2c3ccccc3CC2C)cc1. The van der Waals surface area contributed by atoms with E-state index in [2.05, 4.69) is 18.3 Å². The topological polar surface area (TPSA) is 82.4 Å². The zero-order chi connectivity index (χ0) is 20.1. The average molecular weight is 375 g/mol. The maximum atomic E-state index is 12.6. The Kier molecular flexibility index (Phi) is 5.75. The van der Waals surface area contributed by atoms with Crippen molar-refractivity contribution in [2.24, 2.45) is 0 Å². The van der Waals surface area contributed by atoms with Crippen LogP contribution in [0.3, 0.4) is 0 Å². The largest absolute Gasteiger partial charge is 0.462 e. The minimum atomic E-state index is -0.497. The molecule has 1 unspecified atom stereocenters. The van der Waals surface area contributed by atoms with E-state index in [9.17, 15) is 14.9 Å². The van der Waals surface area contributed by atoms with Crippen LogP contribution >= 0.6 is 0 Å². The molecular weight excluding hydrogens is 354 g/mol. The van der Waals surface area contributed by atoms with Crippen LogP contribution in [0.4, 0.5) is 11.4 Å². The highest BCUT2D eigenvalue weighted by molar-refractivity contribution is 6.07. The Morgan fingerprint density at radius 3 is 2.64 bits per heavy atom. The van der Waals surface area contributed by atoms with E-state index in [0.29, 0.717) is 17.9 Å². The lowest BCUT2D eigenvalue weighted by molar-refractivity contribution is -0.112. The third kappa shape index (κ3) is 4.04. The van der Waals surface area contributed by atoms with Crippen molar-refractivity contribution >= 4 is 23.3 Å². The van der Waals surface area contributed by atoms with Crippen molar-refractivity contribution in [2.75, 3.05) is 16.8 Å². The van der Waals surface area contributed by atoms with Crippen LogP contribution in [0, 0.1) is 11.3 Å². The van der Waals surface area contributed by atoms with Gasteiger partial charge in [0.05, 0.1) is 12.2 Å². The minimum Gasteiger partial charge on any atom is -0.462 e. The summed E-state index contributed by atoms with van der Waals surface area (Å²) in [5, 5.41) is 12.2. The number of carbonyl (C=O) groups is 2.